The number of fused-ring (bicyclic) bond motifs is 1. The number of nitrogens with one attached hydrogen (secondary N) is 1. The van der Waals surface area contributed by atoms with Crippen molar-refractivity contribution in [2.75, 3.05) is 6.61 Å². The van der Waals surface area contributed by atoms with Crippen LogP contribution in [-0.2, 0) is 29.1 Å². The maximum absolute atomic E-state index is 12.8. The van der Waals surface area contributed by atoms with Gasteiger partial charge < -0.3 is 25.1 Å². The molecule has 224 valence electrons. The Hall–Kier alpha value is -5.42. The van der Waals surface area contributed by atoms with Crippen molar-refractivity contribution in [3.63, 3.8) is 0 Å². The molecule has 1 atom stereocenters. The zero-order valence-corrected chi connectivity index (χ0v) is 24.3. The minimum absolute atomic E-state index is 0.0348. The average molecular weight is 612 g/mol. The molecular formula is C33H29N3O7S. The van der Waals surface area contributed by atoms with E-state index in [1.165, 1.54) is 0 Å². The topological polar surface area (TPSA) is 139 Å². The van der Waals surface area contributed by atoms with E-state index in [2.05, 4.69) is 10.5 Å². The van der Waals surface area contributed by atoms with Gasteiger partial charge in [0, 0.05) is 17.5 Å². The second kappa shape index (κ2) is 14.2. The van der Waals surface area contributed by atoms with Crippen molar-refractivity contribution in [2.24, 2.45) is 5.16 Å². The average Bonchev–Trinajstić information content (AvgIpc) is 3.35. The van der Waals surface area contributed by atoms with E-state index in [1.54, 1.807) is 41.0 Å². The van der Waals surface area contributed by atoms with Crippen LogP contribution in [0.1, 0.15) is 22.3 Å². The van der Waals surface area contributed by atoms with E-state index in [9.17, 15) is 24.7 Å². The summed E-state index contributed by atoms with van der Waals surface area (Å²) in [5.74, 6) is -0.625. The Morgan fingerprint density at radius 1 is 0.886 bits per heavy atom. The summed E-state index contributed by atoms with van der Waals surface area (Å²) < 4.78 is 13.4. The van der Waals surface area contributed by atoms with Gasteiger partial charge in [-0.05, 0) is 35.4 Å². The molecule has 44 heavy (non-hydrogen) atoms. The number of hydrogen-bond donors (Lipinski definition) is 3. The van der Waals surface area contributed by atoms with Crippen molar-refractivity contribution in [1.82, 2.24) is 9.88 Å². The molecule has 5 rings (SSSR count). The number of carboxylic acids is 1. The highest BCUT2D eigenvalue weighted by Crippen LogP contribution is 2.22. The molecule has 1 amide bonds. The van der Waals surface area contributed by atoms with Crippen LogP contribution < -0.4 is 14.9 Å². The third-order valence-electron chi connectivity index (χ3n) is 6.84. The lowest BCUT2D eigenvalue weighted by molar-refractivity contribution is -0.139. The number of carbonyl (C=O) groups excluding carboxylic acids is 1. The summed E-state index contributed by atoms with van der Waals surface area (Å²) in [6.45, 7) is 0.579. The Morgan fingerprint density at radius 3 is 2.27 bits per heavy atom. The van der Waals surface area contributed by atoms with Crippen LogP contribution in [0.2, 0.25) is 0 Å². The van der Waals surface area contributed by atoms with Crippen LogP contribution in [0.25, 0.3) is 10.2 Å². The number of benzene rings is 4. The van der Waals surface area contributed by atoms with E-state index in [-0.39, 0.29) is 24.5 Å². The van der Waals surface area contributed by atoms with Crippen LogP contribution in [0, 0.1) is 0 Å². The number of aliphatic carboxylic acids is 1. The van der Waals surface area contributed by atoms with Crippen molar-refractivity contribution in [2.45, 2.75) is 25.6 Å². The van der Waals surface area contributed by atoms with E-state index in [1.807, 2.05) is 66.7 Å². The van der Waals surface area contributed by atoms with Crippen LogP contribution in [0.5, 0.6) is 5.75 Å². The van der Waals surface area contributed by atoms with Gasteiger partial charge in [-0.1, -0.05) is 95.4 Å². The Kier molecular flexibility index (Phi) is 9.68. The van der Waals surface area contributed by atoms with Gasteiger partial charge in [0.2, 0.25) is 0 Å². The maximum Gasteiger partial charge on any atom is 0.408 e. The molecule has 0 aliphatic rings. The SMILES string of the molecule is O=C(N[C@@H](Cc1ccc(OCCn2c(=O)sc3cc(C(=NO)c4ccccc4)ccc32)cc1)C(=O)O)OCc1ccccc1. The van der Waals surface area contributed by atoms with Gasteiger partial charge in [0.25, 0.3) is 0 Å². The number of carbonyl (C=O) groups is 2. The summed E-state index contributed by atoms with van der Waals surface area (Å²) in [7, 11) is 0. The van der Waals surface area contributed by atoms with E-state index >= 15 is 0 Å². The molecule has 5 aromatic rings. The molecular weight excluding hydrogens is 582 g/mol. The maximum atomic E-state index is 12.8. The first kappa shape index (κ1) is 30.1. The number of rotatable bonds is 12. The molecule has 11 heteroatoms. The van der Waals surface area contributed by atoms with E-state index in [0.717, 1.165) is 32.7 Å². The van der Waals surface area contributed by atoms with Crippen molar-refractivity contribution in [3.05, 3.63) is 135 Å². The fourth-order valence-electron chi connectivity index (χ4n) is 4.62. The van der Waals surface area contributed by atoms with Gasteiger partial charge in [0.1, 0.15) is 30.7 Å². The highest BCUT2D eigenvalue weighted by atomic mass is 32.1. The fourth-order valence-corrected chi connectivity index (χ4v) is 5.58. The van der Waals surface area contributed by atoms with E-state index in [4.69, 9.17) is 9.47 Å². The molecule has 0 unspecified atom stereocenters. The molecule has 3 N–H and O–H groups in total. The third kappa shape index (κ3) is 7.50. The fraction of sp³-hybridized carbons (Fsp3) is 0.152. The molecule has 0 bridgehead atoms. The molecule has 0 spiro atoms. The molecule has 0 saturated heterocycles. The number of amides is 1. The van der Waals surface area contributed by atoms with Gasteiger partial charge in [0.05, 0.1) is 16.8 Å². The number of alkyl carbamates (subject to hydrolysis) is 1. The van der Waals surface area contributed by atoms with Crippen LogP contribution >= 0.6 is 11.3 Å². The largest absolute Gasteiger partial charge is 0.492 e. The number of aromatic nitrogens is 1. The van der Waals surface area contributed by atoms with Crippen LogP contribution in [0.3, 0.4) is 0 Å². The number of thiazole rings is 1. The van der Waals surface area contributed by atoms with Crippen LogP contribution in [-0.4, -0.2) is 45.3 Å². The number of carboxylic acid groups (broad SMARTS) is 1. The Morgan fingerprint density at radius 2 is 1.59 bits per heavy atom. The summed E-state index contributed by atoms with van der Waals surface area (Å²) in [6, 6.07) is 29.6. The van der Waals surface area contributed by atoms with Gasteiger partial charge in [0.15, 0.2) is 0 Å². The smallest absolute Gasteiger partial charge is 0.408 e. The molecule has 4 aromatic carbocycles. The normalized spacial score (nSPS) is 12.0. The van der Waals surface area contributed by atoms with Gasteiger partial charge >= 0.3 is 16.9 Å². The van der Waals surface area contributed by atoms with Crippen LogP contribution in [0.4, 0.5) is 4.79 Å². The van der Waals surface area contributed by atoms with Crippen molar-refractivity contribution < 1.29 is 29.4 Å². The van der Waals surface area contributed by atoms with Gasteiger partial charge in [-0.3, -0.25) is 9.36 Å². The second-order valence-corrected chi connectivity index (χ2v) is 10.8. The molecule has 0 aliphatic heterocycles. The second-order valence-electron chi connectivity index (χ2n) is 9.81. The predicted octanol–water partition coefficient (Wildman–Crippen LogP) is 5.29. The first-order valence-corrected chi connectivity index (χ1v) is 14.6. The molecule has 0 aliphatic carbocycles. The van der Waals surface area contributed by atoms with Crippen molar-refractivity contribution in [3.8, 4) is 5.75 Å². The first-order chi connectivity index (χ1) is 21.4. The summed E-state index contributed by atoms with van der Waals surface area (Å²) in [6.07, 6.45) is -0.756. The van der Waals surface area contributed by atoms with Crippen LogP contribution in [0.15, 0.2) is 113 Å². The highest BCUT2D eigenvalue weighted by Gasteiger charge is 2.21. The predicted molar refractivity (Wildman–Crippen MR) is 167 cm³/mol. The number of nitrogens with zero attached hydrogens (tertiary/aromatic N) is 2. The monoisotopic (exact) mass is 611 g/mol. The van der Waals surface area contributed by atoms with E-state index in [0.29, 0.717) is 29.1 Å². The number of hydrogen-bond acceptors (Lipinski definition) is 8. The zero-order valence-electron chi connectivity index (χ0n) is 23.5. The Labute approximate surface area is 256 Å². The minimum atomic E-state index is -1.18. The third-order valence-corrected chi connectivity index (χ3v) is 7.78. The summed E-state index contributed by atoms with van der Waals surface area (Å²) in [4.78, 5) is 36.5. The first-order valence-electron chi connectivity index (χ1n) is 13.7. The van der Waals surface area contributed by atoms with Gasteiger partial charge in [-0.2, -0.15) is 0 Å². The van der Waals surface area contributed by atoms with E-state index < -0.39 is 18.1 Å². The lowest BCUT2D eigenvalue weighted by Gasteiger charge is -2.15. The summed E-state index contributed by atoms with van der Waals surface area (Å²) in [5.41, 5.74) is 4.10. The molecule has 1 heterocycles. The summed E-state index contributed by atoms with van der Waals surface area (Å²) in [5, 5.41) is 25.1. The summed E-state index contributed by atoms with van der Waals surface area (Å²) >= 11 is 1.11. The standard InChI is InChI=1S/C33H29N3O7S/c37-31(38)27(34-32(39)43-21-23-7-3-1-4-8-23)19-22-11-14-26(15-12-22)42-18-17-36-28-16-13-25(20-29(28)44-33(36)40)30(35-41)24-9-5-2-6-10-24/h1-16,20,27,41H,17-19,21H2,(H,34,39)(H,37,38)/t27-/m0/s1. The zero-order chi connectivity index (χ0) is 30.9. The lowest BCUT2D eigenvalue weighted by Crippen LogP contribution is -2.42. The molecule has 0 saturated carbocycles. The minimum Gasteiger partial charge on any atom is -0.492 e. The molecule has 0 fully saturated rings. The van der Waals surface area contributed by atoms with Gasteiger partial charge in [-0.15, -0.1) is 0 Å². The van der Waals surface area contributed by atoms with Crippen molar-refractivity contribution in [1.29, 1.82) is 0 Å². The Bertz CT molecular complexity index is 1820. The van der Waals surface area contributed by atoms with Gasteiger partial charge in [-0.25, -0.2) is 9.59 Å². The number of ether oxygens (including phenoxy) is 2. The highest BCUT2D eigenvalue weighted by molar-refractivity contribution is 7.16. The molecule has 0 radical (unpaired) electrons. The lowest BCUT2D eigenvalue weighted by atomic mass is 10.0. The van der Waals surface area contributed by atoms with Crippen molar-refractivity contribution >= 4 is 39.3 Å². The Balaban J connectivity index is 1.16. The quantitative estimate of drug-likeness (QED) is 0.0990. The molecule has 1 aromatic heterocycles. The number of oxime groups is 1. The molecule has 10 nitrogen and oxygen atoms in total.